The SMILES string of the molecule is CNC(=O)ON=C1SCCN=C1C1CC1. The van der Waals surface area contributed by atoms with Gasteiger partial charge in [0, 0.05) is 25.3 Å². The molecule has 0 aromatic heterocycles. The molecule has 0 unspecified atom stereocenters. The second-order valence-corrected chi connectivity index (χ2v) is 4.50. The first-order chi connectivity index (χ1) is 7.31. The zero-order valence-electron chi connectivity index (χ0n) is 8.52. The van der Waals surface area contributed by atoms with Crippen molar-refractivity contribution in [2.24, 2.45) is 16.1 Å². The Morgan fingerprint density at radius 1 is 1.67 bits per heavy atom. The van der Waals surface area contributed by atoms with Crippen LogP contribution in [0.4, 0.5) is 4.79 Å². The molecule has 0 bridgehead atoms. The number of hydrogen-bond acceptors (Lipinski definition) is 5. The third-order valence-electron chi connectivity index (χ3n) is 2.21. The van der Waals surface area contributed by atoms with Crippen LogP contribution in [0.5, 0.6) is 0 Å². The summed E-state index contributed by atoms with van der Waals surface area (Å²) in [5, 5.41) is 6.95. The lowest BCUT2D eigenvalue weighted by atomic mass is 10.2. The highest BCUT2D eigenvalue weighted by Crippen LogP contribution is 2.34. The summed E-state index contributed by atoms with van der Waals surface area (Å²) in [7, 11) is 1.51. The van der Waals surface area contributed by atoms with Gasteiger partial charge >= 0.3 is 6.09 Å². The lowest BCUT2D eigenvalue weighted by Crippen LogP contribution is -2.22. The standard InChI is InChI=1S/C9H13N3O2S/c1-10-9(13)14-12-8-7(6-2-3-6)11-4-5-15-8/h6H,2-5H2,1H3,(H,10,13). The van der Waals surface area contributed by atoms with Gasteiger partial charge in [-0.25, -0.2) is 4.79 Å². The summed E-state index contributed by atoms with van der Waals surface area (Å²) in [4.78, 5) is 20.0. The van der Waals surface area contributed by atoms with Crippen LogP contribution in [0.25, 0.3) is 0 Å². The Morgan fingerprint density at radius 3 is 3.13 bits per heavy atom. The number of nitrogens with one attached hydrogen (secondary N) is 1. The first kappa shape index (κ1) is 10.5. The third-order valence-corrected chi connectivity index (χ3v) is 3.15. The van der Waals surface area contributed by atoms with Crippen molar-refractivity contribution in [3.8, 4) is 0 Å². The van der Waals surface area contributed by atoms with Crippen LogP contribution in [0, 0.1) is 5.92 Å². The first-order valence-electron chi connectivity index (χ1n) is 4.95. The molecule has 0 radical (unpaired) electrons. The summed E-state index contributed by atoms with van der Waals surface area (Å²) < 4.78 is 0. The predicted molar refractivity (Wildman–Crippen MR) is 60.5 cm³/mol. The highest BCUT2D eigenvalue weighted by atomic mass is 32.2. The average Bonchev–Trinajstić information content (AvgIpc) is 3.10. The fourth-order valence-corrected chi connectivity index (χ4v) is 2.16. The molecule has 0 saturated heterocycles. The number of aliphatic imine (C=N–C) groups is 1. The highest BCUT2D eigenvalue weighted by molar-refractivity contribution is 8.15. The summed E-state index contributed by atoms with van der Waals surface area (Å²) in [6.45, 7) is 0.843. The van der Waals surface area contributed by atoms with E-state index in [9.17, 15) is 4.79 Å². The molecule has 1 heterocycles. The number of nitrogens with zero attached hydrogens (tertiary/aromatic N) is 2. The molecule has 2 rings (SSSR count). The second-order valence-electron chi connectivity index (χ2n) is 3.41. The van der Waals surface area contributed by atoms with Gasteiger partial charge in [0.25, 0.3) is 0 Å². The molecule has 5 nitrogen and oxygen atoms in total. The summed E-state index contributed by atoms with van der Waals surface area (Å²) in [6.07, 6.45) is 1.82. The summed E-state index contributed by atoms with van der Waals surface area (Å²) in [5.74, 6) is 1.46. The van der Waals surface area contributed by atoms with Gasteiger partial charge in [0.15, 0.2) is 5.04 Å². The second kappa shape index (κ2) is 4.65. The van der Waals surface area contributed by atoms with Crippen molar-refractivity contribution in [3.05, 3.63) is 0 Å². The van der Waals surface area contributed by atoms with Crippen LogP contribution in [-0.2, 0) is 4.84 Å². The van der Waals surface area contributed by atoms with Gasteiger partial charge < -0.3 is 5.32 Å². The molecule has 1 aliphatic carbocycles. The van der Waals surface area contributed by atoms with Gasteiger partial charge in [-0.05, 0) is 12.8 Å². The van der Waals surface area contributed by atoms with Crippen molar-refractivity contribution in [1.82, 2.24) is 5.32 Å². The van der Waals surface area contributed by atoms with Crippen LogP contribution in [0.15, 0.2) is 10.1 Å². The Morgan fingerprint density at radius 2 is 2.47 bits per heavy atom. The van der Waals surface area contributed by atoms with E-state index in [1.54, 1.807) is 11.8 Å². The molecule has 0 atom stereocenters. The Balaban J connectivity index is 2.02. The largest absolute Gasteiger partial charge is 0.433 e. The van der Waals surface area contributed by atoms with Gasteiger partial charge in [-0.1, -0.05) is 16.9 Å². The maximum atomic E-state index is 10.9. The van der Waals surface area contributed by atoms with Crippen LogP contribution in [0.2, 0.25) is 0 Å². The summed E-state index contributed by atoms with van der Waals surface area (Å²) in [6, 6.07) is 0. The Hall–Kier alpha value is -1.04. The van der Waals surface area contributed by atoms with Crippen LogP contribution in [0.3, 0.4) is 0 Å². The lowest BCUT2D eigenvalue weighted by Gasteiger charge is -2.12. The Labute approximate surface area is 92.3 Å². The molecule has 1 amide bonds. The van der Waals surface area contributed by atoms with E-state index in [2.05, 4.69) is 20.3 Å². The van der Waals surface area contributed by atoms with Crippen molar-refractivity contribution in [1.29, 1.82) is 0 Å². The zero-order valence-corrected chi connectivity index (χ0v) is 9.34. The van der Waals surface area contributed by atoms with E-state index in [0.717, 1.165) is 23.1 Å². The number of oxime groups is 1. The number of carbonyl (C=O) groups is 1. The van der Waals surface area contributed by atoms with Gasteiger partial charge in [-0.2, -0.15) is 0 Å². The van der Waals surface area contributed by atoms with E-state index in [0.29, 0.717) is 5.92 Å². The van der Waals surface area contributed by atoms with Crippen molar-refractivity contribution >= 4 is 28.6 Å². The Bertz CT molecular complexity index is 323. The van der Waals surface area contributed by atoms with E-state index in [-0.39, 0.29) is 0 Å². The van der Waals surface area contributed by atoms with Crippen molar-refractivity contribution in [2.45, 2.75) is 12.8 Å². The average molecular weight is 227 g/mol. The van der Waals surface area contributed by atoms with E-state index < -0.39 is 6.09 Å². The number of amides is 1. The number of rotatable bonds is 2. The summed E-state index contributed by atoms with van der Waals surface area (Å²) in [5.41, 5.74) is 1.02. The molecular formula is C9H13N3O2S. The van der Waals surface area contributed by atoms with Crippen molar-refractivity contribution < 1.29 is 9.63 Å². The molecule has 0 spiro atoms. The van der Waals surface area contributed by atoms with Crippen LogP contribution < -0.4 is 5.32 Å². The molecule has 1 saturated carbocycles. The van der Waals surface area contributed by atoms with Crippen LogP contribution >= 0.6 is 11.8 Å². The fourth-order valence-electron chi connectivity index (χ4n) is 1.31. The monoisotopic (exact) mass is 227 g/mol. The molecule has 1 N–H and O–H groups in total. The minimum atomic E-state index is -0.538. The molecule has 1 fully saturated rings. The normalized spacial score (nSPS) is 23.5. The molecule has 15 heavy (non-hydrogen) atoms. The van der Waals surface area contributed by atoms with Crippen molar-refractivity contribution in [2.75, 3.05) is 19.3 Å². The maximum Gasteiger partial charge on any atom is 0.433 e. The predicted octanol–water partition coefficient (Wildman–Crippen LogP) is 1.25. The number of hydrogen-bond donors (Lipinski definition) is 1. The van der Waals surface area contributed by atoms with E-state index in [4.69, 9.17) is 0 Å². The molecule has 0 aromatic carbocycles. The number of carbonyl (C=O) groups excluding carboxylic acids is 1. The van der Waals surface area contributed by atoms with Crippen LogP contribution in [-0.4, -0.2) is 36.2 Å². The minimum absolute atomic E-state index is 0.538. The Kier molecular flexibility index (Phi) is 3.25. The van der Waals surface area contributed by atoms with E-state index in [1.165, 1.54) is 19.9 Å². The molecular weight excluding hydrogens is 214 g/mol. The van der Waals surface area contributed by atoms with Crippen molar-refractivity contribution in [3.63, 3.8) is 0 Å². The topological polar surface area (TPSA) is 63.0 Å². The van der Waals surface area contributed by atoms with Crippen LogP contribution in [0.1, 0.15) is 12.8 Å². The maximum absolute atomic E-state index is 10.9. The molecule has 6 heteroatoms. The van der Waals surface area contributed by atoms with Gasteiger partial charge in [-0.3, -0.25) is 9.83 Å². The lowest BCUT2D eigenvalue weighted by molar-refractivity contribution is 0.154. The minimum Gasteiger partial charge on any atom is -0.323 e. The third kappa shape index (κ3) is 2.71. The van der Waals surface area contributed by atoms with E-state index in [1.807, 2.05) is 0 Å². The van der Waals surface area contributed by atoms with Gasteiger partial charge in [0.1, 0.15) is 0 Å². The molecule has 1 aliphatic heterocycles. The summed E-state index contributed by atoms with van der Waals surface area (Å²) >= 11 is 1.61. The zero-order chi connectivity index (χ0) is 10.7. The van der Waals surface area contributed by atoms with Gasteiger partial charge in [0.2, 0.25) is 0 Å². The number of thioether (sulfide) groups is 1. The highest BCUT2D eigenvalue weighted by Gasteiger charge is 2.32. The molecule has 0 aromatic rings. The first-order valence-corrected chi connectivity index (χ1v) is 5.94. The molecule has 82 valence electrons. The van der Waals surface area contributed by atoms with Gasteiger partial charge in [-0.15, -0.1) is 0 Å². The van der Waals surface area contributed by atoms with E-state index >= 15 is 0 Å². The fraction of sp³-hybridized carbons (Fsp3) is 0.667. The smallest absolute Gasteiger partial charge is 0.323 e. The van der Waals surface area contributed by atoms with Gasteiger partial charge in [0.05, 0.1) is 5.71 Å². The molecule has 2 aliphatic rings. The quantitative estimate of drug-likeness (QED) is 0.570.